The van der Waals surface area contributed by atoms with Crippen LogP contribution in [0.1, 0.15) is 61.3 Å². The second-order valence-corrected chi connectivity index (χ2v) is 16.3. The molecular weight excluding hydrogens is 588 g/mol. The van der Waals surface area contributed by atoms with E-state index in [4.69, 9.17) is 28.4 Å². The first-order chi connectivity index (χ1) is 20.9. The minimum absolute atomic E-state index is 0.0500. The molecular formula is C33H46O12. The Balaban J connectivity index is 1.37. The van der Waals surface area contributed by atoms with E-state index in [0.717, 1.165) is 0 Å². The van der Waals surface area contributed by atoms with Gasteiger partial charge in [0.2, 0.25) is 5.79 Å². The molecule has 0 aromatic carbocycles. The largest absolute Gasteiger partial charge is 0.458 e. The van der Waals surface area contributed by atoms with Crippen molar-refractivity contribution < 1.29 is 58.1 Å². The molecule has 3 aliphatic heterocycles. The molecule has 8 rings (SSSR count). The van der Waals surface area contributed by atoms with E-state index in [1.165, 1.54) is 20.8 Å². The third-order valence-electron chi connectivity index (χ3n) is 14.9. The van der Waals surface area contributed by atoms with Crippen molar-refractivity contribution >= 4 is 17.9 Å². The Morgan fingerprint density at radius 2 is 1.60 bits per heavy atom. The van der Waals surface area contributed by atoms with Gasteiger partial charge in [-0.2, -0.15) is 0 Å². The summed E-state index contributed by atoms with van der Waals surface area (Å²) in [7, 11) is 1.64. The lowest BCUT2D eigenvalue weighted by atomic mass is 9.41. The van der Waals surface area contributed by atoms with Crippen LogP contribution >= 0.6 is 0 Å². The Morgan fingerprint density at radius 3 is 2.22 bits per heavy atom. The molecule has 250 valence electrons. The molecule has 8 fully saturated rings. The van der Waals surface area contributed by atoms with Gasteiger partial charge >= 0.3 is 17.9 Å². The van der Waals surface area contributed by atoms with Crippen molar-refractivity contribution in [1.82, 2.24) is 0 Å². The normalized spacial score (nSPS) is 62.9. The van der Waals surface area contributed by atoms with E-state index in [-0.39, 0.29) is 24.0 Å². The summed E-state index contributed by atoms with van der Waals surface area (Å²) in [5, 5.41) is 36.6. The maximum Gasteiger partial charge on any atom is 0.341 e. The number of fused-ring (bicyclic) bond motifs is 9. The van der Waals surface area contributed by atoms with Gasteiger partial charge in [-0.25, -0.2) is 4.79 Å². The van der Waals surface area contributed by atoms with Crippen molar-refractivity contribution in [3.8, 4) is 0 Å². The van der Waals surface area contributed by atoms with Crippen LogP contribution in [0.15, 0.2) is 0 Å². The highest BCUT2D eigenvalue weighted by atomic mass is 16.8. The van der Waals surface area contributed by atoms with Crippen LogP contribution in [0.4, 0.5) is 0 Å². The lowest BCUT2D eigenvalue weighted by Gasteiger charge is -2.66. The smallest absolute Gasteiger partial charge is 0.341 e. The number of aliphatic hydroxyl groups is 3. The SMILES string of the molecule is CO[C@H]1C[C@H]2C[C@@H]3O[C@@H]3[C@H](O)[C@]2(C)C2C1[C@@H]1[C@@H](O)[C@@H]3[C@H]([C@H](C)[C@H]4O[C@]45OC(=O)[C@@](C)(O)[C@]35C)[C@@]1(C)[C@@H](OC(C)=O)[C@H]2OC(C)=O. The average Bonchev–Trinajstić information content (AvgIpc) is 3.85. The molecule has 3 N–H and O–H groups in total. The van der Waals surface area contributed by atoms with Gasteiger partial charge in [-0.1, -0.05) is 20.8 Å². The Bertz CT molecular complexity index is 1370. The Hall–Kier alpha value is -1.83. The second-order valence-electron chi connectivity index (χ2n) is 16.3. The summed E-state index contributed by atoms with van der Waals surface area (Å²) in [5.41, 5.74) is -5.19. The summed E-state index contributed by atoms with van der Waals surface area (Å²) in [6, 6.07) is 0. The molecule has 1 spiro atoms. The molecule has 0 radical (unpaired) electrons. The lowest BCUT2D eigenvalue weighted by Crippen LogP contribution is -2.72. The van der Waals surface area contributed by atoms with Crippen LogP contribution in [0.2, 0.25) is 0 Å². The first kappa shape index (κ1) is 30.5. The van der Waals surface area contributed by atoms with E-state index in [9.17, 15) is 29.7 Å². The molecule has 12 nitrogen and oxygen atoms in total. The molecule has 45 heavy (non-hydrogen) atoms. The molecule has 5 saturated carbocycles. The van der Waals surface area contributed by atoms with Gasteiger partial charge in [-0.15, -0.1) is 0 Å². The first-order valence-corrected chi connectivity index (χ1v) is 16.5. The van der Waals surface area contributed by atoms with Gasteiger partial charge in [0.1, 0.15) is 24.4 Å². The molecule has 8 aliphatic rings. The molecule has 12 heteroatoms. The molecule has 2 unspecified atom stereocenters. The number of rotatable bonds is 3. The van der Waals surface area contributed by atoms with Crippen LogP contribution in [0.3, 0.4) is 0 Å². The van der Waals surface area contributed by atoms with Crippen LogP contribution in [0.5, 0.6) is 0 Å². The number of ether oxygens (including phenoxy) is 6. The Morgan fingerprint density at radius 1 is 0.933 bits per heavy atom. The first-order valence-electron chi connectivity index (χ1n) is 16.5. The van der Waals surface area contributed by atoms with E-state index in [1.807, 2.05) is 20.8 Å². The zero-order valence-corrected chi connectivity index (χ0v) is 27.1. The molecule has 20 atom stereocenters. The predicted molar refractivity (Wildman–Crippen MR) is 151 cm³/mol. The minimum Gasteiger partial charge on any atom is -0.458 e. The fraction of sp³-hybridized carbons (Fsp3) is 0.909. The van der Waals surface area contributed by atoms with Crippen molar-refractivity contribution in [3.05, 3.63) is 0 Å². The summed E-state index contributed by atoms with van der Waals surface area (Å²) in [5.74, 6) is -6.47. The van der Waals surface area contributed by atoms with Gasteiger partial charge < -0.3 is 43.7 Å². The van der Waals surface area contributed by atoms with Crippen molar-refractivity contribution in [3.63, 3.8) is 0 Å². The van der Waals surface area contributed by atoms with Crippen LogP contribution in [0.25, 0.3) is 0 Å². The van der Waals surface area contributed by atoms with E-state index in [2.05, 4.69) is 0 Å². The van der Waals surface area contributed by atoms with Gasteiger partial charge in [-0.05, 0) is 50.4 Å². The molecule has 3 heterocycles. The second kappa shape index (κ2) is 8.79. The van der Waals surface area contributed by atoms with Crippen LogP contribution in [-0.4, -0.2) is 101 Å². The van der Waals surface area contributed by atoms with Crippen LogP contribution < -0.4 is 0 Å². The lowest BCUT2D eigenvalue weighted by molar-refractivity contribution is -0.282. The topological polar surface area (TPSA) is 174 Å². The van der Waals surface area contributed by atoms with Crippen LogP contribution in [0, 0.1) is 57.7 Å². The highest BCUT2D eigenvalue weighted by Gasteiger charge is 2.93. The number of carbonyl (C=O) groups is 3. The summed E-state index contributed by atoms with van der Waals surface area (Å²) < 4.78 is 36.7. The van der Waals surface area contributed by atoms with Crippen molar-refractivity contribution in [2.24, 2.45) is 57.7 Å². The zero-order chi connectivity index (χ0) is 32.5. The molecule has 0 bridgehead atoms. The number of epoxide rings is 2. The standard InChI is InChI=1S/C33H46O12/c1-11-18-21(31(6)32(7,39)28(38)45-33(31)26(11)44-33)22(36)19-17-15(40-8)9-14-10-16-23(43-16)25(37)29(14,4)20(17)24(41-12(2)34)27(30(18,19)5)42-13(3)35/h11,14-27,36-37,39H,9-10H2,1-8H3/t11-,14-,15-,16-,17?,18-,19+,20?,21-,22+,23-,24-,25-,26+,27-,29-,30+,31-,32+,33-/m0/s1. The summed E-state index contributed by atoms with van der Waals surface area (Å²) in [6.45, 7) is 11.8. The van der Waals surface area contributed by atoms with E-state index >= 15 is 0 Å². The van der Waals surface area contributed by atoms with E-state index in [1.54, 1.807) is 14.0 Å². The monoisotopic (exact) mass is 634 g/mol. The Labute approximate surface area is 262 Å². The van der Waals surface area contributed by atoms with Gasteiger partial charge in [0.05, 0.1) is 29.8 Å². The number of hydrogen-bond donors (Lipinski definition) is 3. The van der Waals surface area contributed by atoms with Gasteiger partial charge in [0.25, 0.3) is 0 Å². The molecule has 0 aromatic rings. The maximum absolute atomic E-state index is 13.3. The fourth-order valence-corrected chi connectivity index (χ4v) is 13.0. The number of esters is 3. The van der Waals surface area contributed by atoms with Gasteiger partial charge in [0, 0.05) is 49.5 Å². The van der Waals surface area contributed by atoms with Gasteiger partial charge in [-0.3, -0.25) is 9.59 Å². The highest BCUT2D eigenvalue weighted by Crippen LogP contribution is 2.80. The van der Waals surface area contributed by atoms with Crippen molar-refractivity contribution in [1.29, 1.82) is 0 Å². The fourth-order valence-electron chi connectivity index (χ4n) is 13.0. The summed E-state index contributed by atoms with van der Waals surface area (Å²) >= 11 is 0. The van der Waals surface area contributed by atoms with E-state index in [0.29, 0.717) is 12.8 Å². The summed E-state index contributed by atoms with van der Waals surface area (Å²) in [4.78, 5) is 39.2. The molecule has 0 amide bonds. The van der Waals surface area contributed by atoms with Crippen molar-refractivity contribution in [2.45, 2.75) is 122 Å². The zero-order valence-electron chi connectivity index (χ0n) is 27.1. The maximum atomic E-state index is 13.3. The summed E-state index contributed by atoms with van der Waals surface area (Å²) in [6.07, 6.45) is -4.04. The minimum atomic E-state index is -1.98. The number of carbonyl (C=O) groups excluding carboxylic acids is 3. The van der Waals surface area contributed by atoms with Crippen LogP contribution in [-0.2, 0) is 42.8 Å². The van der Waals surface area contributed by atoms with Crippen molar-refractivity contribution in [2.75, 3.05) is 7.11 Å². The quantitative estimate of drug-likeness (QED) is 0.228. The van der Waals surface area contributed by atoms with Gasteiger partial charge in [0.15, 0.2) is 5.60 Å². The van der Waals surface area contributed by atoms with E-state index < -0.39 is 112 Å². The third kappa shape index (κ3) is 3.18. The predicted octanol–water partition coefficient (Wildman–Crippen LogP) is 0.957. The number of hydrogen-bond acceptors (Lipinski definition) is 12. The number of aliphatic hydroxyl groups excluding tert-OH is 2. The average molecular weight is 635 g/mol. The molecule has 5 aliphatic carbocycles. The highest BCUT2D eigenvalue weighted by molar-refractivity contribution is 5.84. The molecule has 3 saturated heterocycles. The Kier molecular flexibility index (Phi) is 5.96. The third-order valence-corrected chi connectivity index (χ3v) is 14.9. The number of methoxy groups -OCH3 is 1. The molecule has 0 aromatic heterocycles.